The molecule has 3 N–H and O–H groups in total. The number of para-hydroxylation sites is 1. The highest BCUT2D eigenvalue weighted by Crippen LogP contribution is 2.22. The summed E-state index contributed by atoms with van der Waals surface area (Å²) in [5.41, 5.74) is 2.00. The first kappa shape index (κ1) is 15.7. The molecule has 0 radical (unpaired) electrons. The van der Waals surface area contributed by atoms with Gasteiger partial charge in [0.05, 0.1) is 12.2 Å². The topological polar surface area (TPSA) is 90.0 Å². The van der Waals surface area contributed by atoms with Crippen molar-refractivity contribution < 1.29 is 8.42 Å². The predicted octanol–water partition coefficient (Wildman–Crippen LogP) is 2.50. The number of aryl methyl sites for hydroxylation is 1. The Kier molecular flexibility index (Phi) is 4.20. The molecule has 0 unspecified atom stereocenters. The van der Waals surface area contributed by atoms with Crippen LogP contribution in [0.4, 0.5) is 5.82 Å². The summed E-state index contributed by atoms with van der Waals surface area (Å²) in [6, 6.07) is 15.1. The quantitative estimate of drug-likeness (QED) is 0.741. The maximum atomic E-state index is 11.3. The molecule has 3 aromatic rings. The third-order valence-electron chi connectivity index (χ3n) is 3.25. The minimum atomic E-state index is -3.63. The number of nitrogens with two attached hydrogens (primary N) is 1. The fourth-order valence-electron chi connectivity index (χ4n) is 2.18. The van der Waals surface area contributed by atoms with E-state index in [4.69, 9.17) is 5.14 Å². The zero-order chi connectivity index (χ0) is 16.4. The lowest BCUT2D eigenvalue weighted by atomic mass is 10.3. The van der Waals surface area contributed by atoms with Crippen LogP contribution in [-0.4, -0.2) is 18.2 Å². The van der Waals surface area contributed by atoms with Gasteiger partial charge in [0, 0.05) is 16.6 Å². The van der Waals surface area contributed by atoms with Gasteiger partial charge >= 0.3 is 0 Å². The second-order valence-electron chi connectivity index (χ2n) is 5.04. The molecule has 0 aliphatic carbocycles. The van der Waals surface area contributed by atoms with E-state index < -0.39 is 10.0 Å². The molecule has 0 saturated carbocycles. The Morgan fingerprint density at radius 2 is 1.96 bits per heavy atom. The van der Waals surface area contributed by atoms with Crippen molar-refractivity contribution in [3.05, 3.63) is 59.1 Å². The maximum absolute atomic E-state index is 11.3. The average molecular weight is 348 g/mol. The van der Waals surface area contributed by atoms with Gasteiger partial charge in [-0.1, -0.05) is 18.2 Å². The van der Waals surface area contributed by atoms with Crippen LogP contribution in [0.2, 0.25) is 0 Å². The van der Waals surface area contributed by atoms with Crippen molar-refractivity contribution in [2.75, 3.05) is 5.32 Å². The molecule has 6 nitrogen and oxygen atoms in total. The summed E-state index contributed by atoms with van der Waals surface area (Å²) >= 11 is 1.16. The van der Waals surface area contributed by atoms with Gasteiger partial charge in [-0.2, -0.15) is 5.10 Å². The molecule has 2 aromatic heterocycles. The lowest BCUT2D eigenvalue weighted by Gasteiger charge is -2.03. The van der Waals surface area contributed by atoms with E-state index in [0.717, 1.165) is 33.4 Å². The minimum Gasteiger partial charge on any atom is -0.364 e. The monoisotopic (exact) mass is 348 g/mol. The van der Waals surface area contributed by atoms with E-state index in [1.54, 1.807) is 6.07 Å². The highest BCUT2D eigenvalue weighted by atomic mass is 32.2. The van der Waals surface area contributed by atoms with E-state index >= 15 is 0 Å². The summed E-state index contributed by atoms with van der Waals surface area (Å²) in [7, 11) is -3.63. The number of hydrogen-bond donors (Lipinski definition) is 2. The zero-order valence-electron chi connectivity index (χ0n) is 12.4. The molecule has 2 heterocycles. The number of rotatable bonds is 5. The maximum Gasteiger partial charge on any atom is 0.247 e. The average Bonchev–Trinajstić information content (AvgIpc) is 3.12. The number of benzene rings is 1. The largest absolute Gasteiger partial charge is 0.364 e. The van der Waals surface area contributed by atoms with Crippen LogP contribution in [0.3, 0.4) is 0 Å². The van der Waals surface area contributed by atoms with E-state index in [-0.39, 0.29) is 4.21 Å². The van der Waals surface area contributed by atoms with Crippen LogP contribution in [0.5, 0.6) is 0 Å². The smallest absolute Gasteiger partial charge is 0.247 e. The number of sulfonamides is 1. The second-order valence-corrected chi connectivity index (χ2v) is 7.99. The molecule has 120 valence electrons. The molecule has 0 atom stereocenters. The highest BCUT2D eigenvalue weighted by Gasteiger charge is 2.11. The molecule has 0 spiro atoms. The molecular weight excluding hydrogens is 332 g/mol. The van der Waals surface area contributed by atoms with E-state index in [1.807, 2.05) is 48.0 Å². The van der Waals surface area contributed by atoms with Crippen molar-refractivity contribution >= 4 is 27.2 Å². The Hall–Kier alpha value is -2.16. The van der Waals surface area contributed by atoms with Crippen molar-refractivity contribution in [1.82, 2.24) is 9.78 Å². The van der Waals surface area contributed by atoms with Crippen LogP contribution in [0.15, 0.2) is 52.7 Å². The summed E-state index contributed by atoms with van der Waals surface area (Å²) in [6.45, 7) is 2.47. The number of thiophene rings is 1. The Morgan fingerprint density at radius 1 is 1.22 bits per heavy atom. The van der Waals surface area contributed by atoms with Gasteiger partial charge in [-0.3, -0.25) is 0 Å². The van der Waals surface area contributed by atoms with Crippen molar-refractivity contribution in [1.29, 1.82) is 0 Å². The molecule has 0 bridgehead atoms. The van der Waals surface area contributed by atoms with Crippen molar-refractivity contribution in [3.63, 3.8) is 0 Å². The molecule has 0 amide bonds. The first-order valence-electron chi connectivity index (χ1n) is 6.91. The van der Waals surface area contributed by atoms with Gasteiger partial charge in [-0.05, 0) is 31.2 Å². The molecule has 0 fully saturated rings. The van der Waals surface area contributed by atoms with E-state index in [9.17, 15) is 8.42 Å². The standard InChI is InChI=1S/C15H16N4O2S2/c1-11-9-14(18-19(11)12-5-3-2-4-6-12)17-10-13-7-8-15(22-13)23(16,20)21/h2-9H,10H2,1H3,(H,17,18)(H2,16,20,21). The van der Waals surface area contributed by atoms with Crippen LogP contribution < -0.4 is 10.5 Å². The number of nitrogens with one attached hydrogen (secondary N) is 1. The van der Waals surface area contributed by atoms with Gasteiger partial charge < -0.3 is 5.32 Å². The highest BCUT2D eigenvalue weighted by molar-refractivity contribution is 7.91. The van der Waals surface area contributed by atoms with Crippen LogP contribution in [0, 0.1) is 6.92 Å². The van der Waals surface area contributed by atoms with Gasteiger partial charge in [0.25, 0.3) is 0 Å². The van der Waals surface area contributed by atoms with Crippen molar-refractivity contribution in [3.8, 4) is 5.69 Å². The molecular formula is C15H16N4O2S2. The molecule has 0 saturated heterocycles. The normalized spacial score (nSPS) is 11.6. The Morgan fingerprint density at radius 3 is 2.61 bits per heavy atom. The van der Waals surface area contributed by atoms with Crippen LogP contribution in [-0.2, 0) is 16.6 Å². The van der Waals surface area contributed by atoms with Crippen molar-refractivity contribution in [2.24, 2.45) is 5.14 Å². The Labute approximate surface area is 138 Å². The third kappa shape index (κ3) is 3.61. The first-order chi connectivity index (χ1) is 10.9. The fourth-order valence-corrected chi connectivity index (χ4v) is 3.89. The lowest BCUT2D eigenvalue weighted by molar-refractivity contribution is 0.600. The Bertz CT molecular complexity index is 914. The predicted molar refractivity (Wildman–Crippen MR) is 91.3 cm³/mol. The number of anilines is 1. The van der Waals surface area contributed by atoms with Gasteiger partial charge in [0.15, 0.2) is 0 Å². The van der Waals surface area contributed by atoms with Crippen molar-refractivity contribution in [2.45, 2.75) is 17.7 Å². The molecule has 3 rings (SSSR count). The minimum absolute atomic E-state index is 0.167. The summed E-state index contributed by atoms with van der Waals surface area (Å²) < 4.78 is 24.6. The lowest BCUT2D eigenvalue weighted by Crippen LogP contribution is -2.09. The van der Waals surface area contributed by atoms with Gasteiger partial charge in [0.2, 0.25) is 10.0 Å². The number of nitrogens with zero attached hydrogens (tertiary/aromatic N) is 2. The van der Waals surface area contributed by atoms with Gasteiger partial charge in [-0.25, -0.2) is 18.2 Å². The van der Waals surface area contributed by atoms with Gasteiger partial charge in [-0.15, -0.1) is 11.3 Å². The fraction of sp³-hybridized carbons (Fsp3) is 0.133. The summed E-state index contributed by atoms with van der Waals surface area (Å²) in [5.74, 6) is 0.733. The van der Waals surface area contributed by atoms with E-state index in [2.05, 4.69) is 10.4 Å². The zero-order valence-corrected chi connectivity index (χ0v) is 14.1. The third-order valence-corrected chi connectivity index (χ3v) is 5.77. The molecule has 23 heavy (non-hydrogen) atoms. The molecule has 1 aromatic carbocycles. The van der Waals surface area contributed by atoms with Crippen LogP contribution in [0.1, 0.15) is 10.6 Å². The molecule has 0 aliphatic heterocycles. The molecule has 0 aliphatic rings. The van der Waals surface area contributed by atoms with Crippen LogP contribution >= 0.6 is 11.3 Å². The summed E-state index contributed by atoms with van der Waals surface area (Å²) in [4.78, 5) is 0.876. The Balaban J connectivity index is 1.73. The number of primary sulfonamides is 1. The van der Waals surface area contributed by atoms with E-state index in [1.165, 1.54) is 6.07 Å². The summed E-state index contributed by atoms with van der Waals surface area (Å²) in [6.07, 6.45) is 0. The van der Waals surface area contributed by atoms with Crippen LogP contribution in [0.25, 0.3) is 5.69 Å². The molecule has 8 heteroatoms. The SMILES string of the molecule is Cc1cc(NCc2ccc(S(N)(=O)=O)s2)nn1-c1ccccc1. The number of aromatic nitrogens is 2. The van der Waals surface area contributed by atoms with E-state index in [0.29, 0.717) is 6.54 Å². The summed E-state index contributed by atoms with van der Waals surface area (Å²) in [5, 5.41) is 12.8. The van der Waals surface area contributed by atoms with Gasteiger partial charge in [0.1, 0.15) is 10.0 Å². The number of hydrogen-bond acceptors (Lipinski definition) is 5. The first-order valence-corrected chi connectivity index (χ1v) is 9.27. The second kappa shape index (κ2) is 6.15.